The lowest BCUT2D eigenvalue weighted by molar-refractivity contribution is -0.186. The summed E-state index contributed by atoms with van der Waals surface area (Å²) in [6, 6.07) is 6.28. The van der Waals surface area contributed by atoms with E-state index in [1.807, 2.05) is 30.4 Å². The van der Waals surface area contributed by atoms with Crippen LogP contribution in [0.3, 0.4) is 0 Å². The number of carbonyl (C=O) groups excluding carboxylic acids is 2. The van der Waals surface area contributed by atoms with Gasteiger partial charge in [-0.15, -0.1) is 0 Å². The first-order chi connectivity index (χ1) is 15.1. The molecule has 5 rings (SSSR count). The second-order valence-electron chi connectivity index (χ2n) is 9.19. The number of likely N-dealkylation sites (tertiary alicyclic amines) is 2. The molecule has 2 aromatic rings. The minimum absolute atomic E-state index is 0.00461. The van der Waals surface area contributed by atoms with Gasteiger partial charge in [-0.05, 0) is 56.4 Å². The average molecular weight is 422 g/mol. The lowest BCUT2D eigenvalue weighted by Gasteiger charge is -2.61. The van der Waals surface area contributed by atoms with Crippen molar-refractivity contribution in [3.63, 3.8) is 0 Å². The normalized spacial score (nSPS) is 23.8. The molecule has 2 saturated heterocycles. The zero-order valence-corrected chi connectivity index (χ0v) is 18.2. The molecule has 1 atom stereocenters. The molecule has 1 unspecified atom stereocenters. The number of hydrogen-bond acceptors (Lipinski definition) is 4. The molecule has 2 aliphatic heterocycles. The summed E-state index contributed by atoms with van der Waals surface area (Å²) in [5.74, 6) is 0.329. The lowest BCUT2D eigenvalue weighted by Crippen LogP contribution is -2.67. The molecular formula is C24H31N5O2. The third-order valence-electron chi connectivity index (χ3n) is 7.56. The Kier molecular flexibility index (Phi) is 5.28. The van der Waals surface area contributed by atoms with Crippen LogP contribution in [-0.4, -0.2) is 55.5 Å². The van der Waals surface area contributed by atoms with Gasteiger partial charge in [0, 0.05) is 44.3 Å². The van der Waals surface area contributed by atoms with Gasteiger partial charge in [0.25, 0.3) is 5.91 Å². The fourth-order valence-electron chi connectivity index (χ4n) is 5.92. The Morgan fingerprint density at radius 1 is 1.10 bits per heavy atom. The summed E-state index contributed by atoms with van der Waals surface area (Å²) >= 11 is 0. The molecule has 0 bridgehead atoms. The Morgan fingerprint density at radius 2 is 1.81 bits per heavy atom. The molecule has 3 fully saturated rings. The highest BCUT2D eigenvalue weighted by Crippen LogP contribution is 2.59. The minimum Gasteiger partial charge on any atom is -0.337 e. The van der Waals surface area contributed by atoms with E-state index in [4.69, 9.17) is 0 Å². The van der Waals surface area contributed by atoms with Gasteiger partial charge < -0.3 is 9.80 Å². The predicted molar refractivity (Wildman–Crippen MR) is 116 cm³/mol. The maximum absolute atomic E-state index is 13.5. The molecule has 31 heavy (non-hydrogen) atoms. The van der Waals surface area contributed by atoms with Crippen LogP contribution in [0.5, 0.6) is 0 Å². The van der Waals surface area contributed by atoms with Gasteiger partial charge in [0.1, 0.15) is 5.69 Å². The minimum atomic E-state index is -0.223. The number of hydrogen-bond donors (Lipinski definition) is 0. The first-order valence-corrected chi connectivity index (χ1v) is 11.7. The number of β-lactam (4-membered cyclic amide) rings is 1. The average Bonchev–Trinajstić information content (AvgIpc) is 3.32. The molecule has 2 amide bonds. The monoisotopic (exact) mass is 421 g/mol. The van der Waals surface area contributed by atoms with Crippen LogP contribution in [-0.2, 0) is 11.3 Å². The second kappa shape index (κ2) is 8.09. The first kappa shape index (κ1) is 20.2. The van der Waals surface area contributed by atoms with E-state index >= 15 is 0 Å². The molecule has 1 spiro atoms. The number of pyridine rings is 1. The molecule has 1 aliphatic carbocycles. The number of aromatic nitrogens is 3. The smallest absolute Gasteiger partial charge is 0.274 e. The van der Waals surface area contributed by atoms with E-state index in [9.17, 15) is 9.59 Å². The predicted octanol–water partition coefficient (Wildman–Crippen LogP) is 3.44. The van der Waals surface area contributed by atoms with Gasteiger partial charge in [-0.2, -0.15) is 5.10 Å². The first-order valence-electron chi connectivity index (χ1n) is 11.7. The number of aryl methyl sites for hydroxylation is 1. The van der Waals surface area contributed by atoms with Crippen molar-refractivity contribution in [2.45, 2.75) is 70.5 Å². The number of nitrogens with zero attached hydrogens (tertiary/aromatic N) is 5. The third-order valence-corrected chi connectivity index (χ3v) is 7.56. The molecule has 4 heterocycles. The second-order valence-corrected chi connectivity index (χ2v) is 9.19. The standard InChI is InChI=1S/C24H31N5O2/c1-2-28-17-10-20(26-28)22(30)27-15-8-19(9-16-27)29-21(18-6-13-25-14-7-18)24(23(29)31)11-4-3-5-12-24/h6-7,10,13-14,17,19,21H,2-5,8-9,11-12,15-16H2,1H3. The number of piperidine rings is 1. The Hall–Kier alpha value is -2.70. The summed E-state index contributed by atoms with van der Waals surface area (Å²) in [5, 5.41) is 4.36. The van der Waals surface area contributed by atoms with Gasteiger partial charge in [-0.3, -0.25) is 19.3 Å². The van der Waals surface area contributed by atoms with Crippen LogP contribution in [0.2, 0.25) is 0 Å². The van der Waals surface area contributed by atoms with Gasteiger partial charge in [0.15, 0.2) is 0 Å². The highest BCUT2D eigenvalue weighted by molar-refractivity contribution is 5.93. The van der Waals surface area contributed by atoms with Crippen molar-refractivity contribution in [2.75, 3.05) is 13.1 Å². The molecule has 164 valence electrons. The van der Waals surface area contributed by atoms with Crippen LogP contribution in [0.25, 0.3) is 0 Å². The fraction of sp³-hybridized carbons (Fsp3) is 0.583. The molecule has 1 saturated carbocycles. The van der Waals surface area contributed by atoms with Crippen LogP contribution >= 0.6 is 0 Å². The summed E-state index contributed by atoms with van der Waals surface area (Å²) in [6.45, 7) is 4.10. The van der Waals surface area contributed by atoms with Crippen LogP contribution in [0.4, 0.5) is 0 Å². The van der Waals surface area contributed by atoms with Crippen LogP contribution in [0, 0.1) is 5.41 Å². The van der Waals surface area contributed by atoms with Crippen LogP contribution in [0.1, 0.15) is 74.0 Å². The fourth-order valence-corrected chi connectivity index (χ4v) is 5.92. The van der Waals surface area contributed by atoms with Gasteiger partial charge in [-0.25, -0.2) is 0 Å². The summed E-state index contributed by atoms with van der Waals surface area (Å²) in [7, 11) is 0. The SMILES string of the molecule is CCn1ccc(C(=O)N2CCC(N3C(=O)C4(CCCCC4)C3c3ccncc3)CC2)n1. The molecule has 3 aliphatic rings. The van der Waals surface area contributed by atoms with E-state index in [0.29, 0.717) is 24.7 Å². The zero-order chi connectivity index (χ0) is 21.4. The third kappa shape index (κ3) is 3.34. The molecule has 2 aromatic heterocycles. The van der Waals surface area contributed by atoms with Gasteiger partial charge in [0.2, 0.25) is 5.91 Å². The lowest BCUT2D eigenvalue weighted by atomic mass is 9.59. The van der Waals surface area contributed by atoms with Crippen molar-refractivity contribution >= 4 is 11.8 Å². The van der Waals surface area contributed by atoms with Crippen LogP contribution in [0.15, 0.2) is 36.8 Å². The number of carbonyl (C=O) groups is 2. The molecule has 7 nitrogen and oxygen atoms in total. The summed E-state index contributed by atoms with van der Waals surface area (Å²) in [4.78, 5) is 34.6. The Labute approximate surface area is 183 Å². The maximum atomic E-state index is 13.5. The van der Waals surface area contributed by atoms with Gasteiger partial charge >= 0.3 is 0 Å². The largest absolute Gasteiger partial charge is 0.337 e. The molecule has 0 radical (unpaired) electrons. The Bertz CT molecular complexity index is 942. The summed E-state index contributed by atoms with van der Waals surface area (Å²) in [5.41, 5.74) is 1.50. The molecular weight excluding hydrogens is 390 g/mol. The van der Waals surface area contributed by atoms with Crippen molar-refractivity contribution in [1.29, 1.82) is 0 Å². The molecule has 0 N–H and O–H groups in total. The quantitative estimate of drug-likeness (QED) is 0.709. The Morgan fingerprint density at radius 3 is 2.45 bits per heavy atom. The highest BCUT2D eigenvalue weighted by Gasteiger charge is 2.62. The van der Waals surface area contributed by atoms with E-state index in [1.165, 1.54) is 12.0 Å². The summed E-state index contributed by atoms with van der Waals surface area (Å²) < 4.78 is 1.78. The summed E-state index contributed by atoms with van der Waals surface area (Å²) in [6.07, 6.45) is 12.7. The molecule has 0 aromatic carbocycles. The van der Waals surface area contributed by atoms with E-state index in [1.54, 1.807) is 10.7 Å². The van der Waals surface area contributed by atoms with Gasteiger partial charge in [-0.1, -0.05) is 19.3 Å². The zero-order valence-electron chi connectivity index (χ0n) is 18.2. The van der Waals surface area contributed by atoms with Gasteiger partial charge in [0.05, 0.1) is 11.5 Å². The van der Waals surface area contributed by atoms with Crippen molar-refractivity contribution < 1.29 is 9.59 Å². The van der Waals surface area contributed by atoms with E-state index < -0.39 is 0 Å². The van der Waals surface area contributed by atoms with Crippen molar-refractivity contribution in [1.82, 2.24) is 24.6 Å². The number of amides is 2. The van der Waals surface area contributed by atoms with E-state index in [-0.39, 0.29) is 23.4 Å². The van der Waals surface area contributed by atoms with E-state index in [0.717, 1.165) is 45.1 Å². The maximum Gasteiger partial charge on any atom is 0.274 e. The van der Waals surface area contributed by atoms with Crippen molar-refractivity contribution in [3.8, 4) is 0 Å². The van der Waals surface area contributed by atoms with Crippen molar-refractivity contribution in [3.05, 3.63) is 48.0 Å². The highest BCUT2D eigenvalue weighted by atomic mass is 16.2. The van der Waals surface area contributed by atoms with Crippen LogP contribution < -0.4 is 0 Å². The number of rotatable bonds is 4. The van der Waals surface area contributed by atoms with Crippen molar-refractivity contribution in [2.24, 2.45) is 5.41 Å². The molecule has 7 heteroatoms. The topological polar surface area (TPSA) is 71.3 Å². The Balaban J connectivity index is 1.31. The van der Waals surface area contributed by atoms with E-state index in [2.05, 4.69) is 27.1 Å².